The Hall–Kier alpha value is -5.92. The summed E-state index contributed by atoms with van der Waals surface area (Å²) in [5, 5.41) is 5.10. The Morgan fingerprint density at radius 1 is 0.382 bits per heavy atom. The number of anilines is 3. The van der Waals surface area contributed by atoms with Crippen LogP contribution in [0.5, 0.6) is 0 Å². The molecule has 4 fully saturated rings. The Labute approximate surface area is 323 Å². The molecule has 0 amide bonds. The molecule has 1 nitrogen and oxygen atoms in total. The smallest absolute Gasteiger partial charge is 0.0546 e. The minimum atomic E-state index is 0.163. The molecule has 0 radical (unpaired) electrons. The summed E-state index contributed by atoms with van der Waals surface area (Å²) in [7, 11) is 0. The van der Waals surface area contributed by atoms with E-state index in [0.717, 1.165) is 23.7 Å². The molecule has 264 valence electrons. The lowest BCUT2D eigenvalue weighted by atomic mass is 9.43. The van der Waals surface area contributed by atoms with E-state index in [-0.39, 0.29) is 5.41 Å². The number of benzene rings is 8. The lowest BCUT2D eigenvalue weighted by Crippen LogP contribution is -2.55. The Morgan fingerprint density at radius 2 is 0.909 bits per heavy atom. The van der Waals surface area contributed by atoms with Crippen LogP contribution in [0, 0.1) is 23.7 Å². The van der Waals surface area contributed by atoms with Crippen molar-refractivity contribution in [2.75, 3.05) is 4.90 Å². The van der Waals surface area contributed by atoms with Crippen molar-refractivity contribution in [1.29, 1.82) is 0 Å². The zero-order valence-corrected chi connectivity index (χ0v) is 31.0. The summed E-state index contributed by atoms with van der Waals surface area (Å²) in [6.45, 7) is 0. The van der Waals surface area contributed by atoms with E-state index < -0.39 is 0 Å². The van der Waals surface area contributed by atoms with Gasteiger partial charge in [-0.05, 0) is 147 Å². The van der Waals surface area contributed by atoms with Crippen molar-refractivity contribution < 1.29 is 0 Å². The number of hydrogen-bond donors (Lipinski definition) is 0. The Kier molecular flexibility index (Phi) is 6.88. The number of rotatable bonds is 5. The summed E-state index contributed by atoms with van der Waals surface area (Å²) in [5.74, 6) is 3.38. The second kappa shape index (κ2) is 12.0. The van der Waals surface area contributed by atoms with E-state index in [0.29, 0.717) is 0 Å². The molecular formula is C54H43N. The van der Waals surface area contributed by atoms with Crippen LogP contribution >= 0.6 is 0 Å². The molecule has 4 saturated carbocycles. The summed E-state index contributed by atoms with van der Waals surface area (Å²) in [6.07, 6.45) is 7.08. The van der Waals surface area contributed by atoms with E-state index in [1.807, 2.05) is 0 Å². The van der Waals surface area contributed by atoms with E-state index in [4.69, 9.17) is 0 Å². The van der Waals surface area contributed by atoms with Gasteiger partial charge in [0.2, 0.25) is 0 Å². The lowest BCUT2D eigenvalue weighted by Gasteiger charge is -2.61. The van der Waals surface area contributed by atoms with Crippen molar-refractivity contribution in [2.24, 2.45) is 23.7 Å². The van der Waals surface area contributed by atoms with Crippen molar-refractivity contribution in [1.82, 2.24) is 0 Å². The van der Waals surface area contributed by atoms with Crippen molar-refractivity contribution >= 4 is 38.6 Å². The Balaban J connectivity index is 1.02. The fourth-order valence-corrected chi connectivity index (χ4v) is 12.2. The first kappa shape index (κ1) is 31.4. The number of fused-ring (bicyclic) bond motifs is 6. The van der Waals surface area contributed by atoms with E-state index in [9.17, 15) is 0 Å². The molecule has 5 aliphatic rings. The van der Waals surface area contributed by atoms with Crippen LogP contribution in [0.25, 0.3) is 54.9 Å². The molecule has 1 spiro atoms. The minimum absolute atomic E-state index is 0.163. The summed E-state index contributed by atoms with van der Waals surface area (Å²) < 4.78 is 0. The van der Waals surface area contributed by atoms with Crippen LogP contribution in [0.1, 0.15) is 43.2 Å². The van der Waals surface area contributed by atoms with Gasteiger partial charge in [-0.25, -0.2) is 0 Å². The average molecular weight is 706 g/mol. The molecule has 5 aliphatic carbocycles. The van der Waals surface area contributed by atoms with Gasteiger partial charge in [0.25, 0.3) is 0 Å². The van der Waals surface area contributed by atoms with Gasteiger partial charge >= 0.3 is 0 Å². The van der Waals surface area contributed by atoms with Gasteiger partial charge in [-0.2, -0.15) is 0 Å². The van der Waals surface area contributed by atoms with E-state index in [1.165, 1.54) is 104 Å². The molecule has 0 saturated heterocycles. The maximum atomic E-state index is 2.56. The van der Waals surface area contributed by atoms with Crippen LogP contribution in [0.4, 0.5) is 17.1 Å². The zero-order valence-electron chi connectivity index (χ0n) is 31.0. The monoisotopic (exact) mass is 705 g/mol. The highest BCUT2D eigenvalue weighted by atomic mass is 15.1. The number of nitrogens with zero attached hydrogens (tertiary/aromatic N) is 1. The van der Waals surface area contributed by atoms with Crippen LogP contribution in [0.3, 0.4) is 0 Å². The highest BCUT2D eigenvalue weighted by Gasteiger charge is 2.61. The summed E-state index contributed by atoms with van der Waals surface area (Å²) in [5.41, 5.74) is 14.8. The van der Waals surface area contributed by atoms with Crippen LogP contribution in [-0.2, 0) is 5.41 Å². The van der Waals surface area contributed by atoms with Gasteiger partial charge in [-0.15, -0.1) is 0 Å². The van der Waals surface area contributed by atoms with Gasteiger partial charge in [0.05, 0.1) is 5.69 Å². The molecule has 0 aliphatic heterocycles. The molecule has 0 aromatic heterocycles. The van der Waals surface area contributed by atoms with Gasteiger partial charge in [-0.1, -0.05) is 146 Å². The predicted molar refractivity (Wildman–Crippen MR) is 230 cm³/mol. The van der Waals surface area contributed by atoms with Gasteiger partial charge in [0.1, 0.15) is 0 Å². The molecule has 0 atom stereocenters. The molecule has 8 aromatic carbocycles. The first-order chi connectivity index (χ1) is 27.2. The van der Waals surface area contributed by atoms with Crippen molar-refractivity contribution in [2.45, 2.75) is 37.5 Å². The second-order valence-electron chi connectivity index (χ2n) is 16.9. The summed E-state index contributed by atoms with van der Waals surface area (Å²) >= 11 is 0. The highest BCUT2D eigenvalue weighted by molar-refractivity contribution is 6.14. The molecular weight excluding hydrogens is 663 g/mol. The first-order valence-corrected chi connectivity index (χ1v) is 20.4. The molecule has 8 aromatic rings. The molecule has 0 N–H and O–H groups in total. The summed E-state index contributed by atoms with van der Waals surface area (Å²) in [6, 6.07) is 66.2. The van der Waals surface area contributed by atoms with Gasteiger partial charge in [-0.3, -0.25) is 0 Å². The Morgan fingerprint density at radius 3 is 1.62 bits per heavy atom. The topological polar surface area (TPSA) is 3.24 Å². The molecule has 1 heteroatoms. The van der Waals surface area contributed by atoms with Crippen LogP contribution in [0.2, 0.25) is 0 Å². The second-order valence-corrected chi connectivity index (χ2v) is 16.9. The third-order valence-electron chi connectivity index (χ3n) is 14.2. The van der Waals surface area contributed by atoms with Crippen LogP contribution < -0.4 is 4.90 Å². The maximum Gasteiger partial charge on any atom is 0.0546 e. The number of hydrogen-bond acceptors (Lipinski definition) is 1. The normalized spacial score (nSPS) is 23.0. The molecule has 0 heterocycles. The van der Waals surface area contributed by atoms with E-state index >= 15 is 0 Å². The predicted octanol–water partition coefficient (Wildman–Crippen LogP) is 14.5. The van der Waals surface area contributed by atoms with Gasteiger partial charge in [0.15, 0.2) is 0 Å². The fourth-order valence-electron chi connectivity index (χ4n) is 12.2. The average Bonchev–Trinajstić information content (AvgIpc) is 3.53. The molecule has 55 heavy (non-hydrogen) atoms. The van der Waals surface area contributed by atoms with Crippen molar-refractivity contribution in [3.05, 3.63) is 187 Å². The van der Waals surface area contributed by atoms with Gasteiger partial charge < -0.3 is 4.90 Å². The Bertz CT molecular complexity index is 2730. The molecule has 4 bridgehead atoms. The quantitative estimate of drug-likeness (QED) is 0.161. The third kappa shape index (κ3) is 4.66. The molecule has 13 rings (SSSR count). The maximum absolute atomic E-state index is 2.56. The highest BCUT2D eigenvalue weighted by Crippen LogP contribution is 2.69. The SMILES string of the molecule is c1ccc(-c2ccc(-c3ccc(N(c4ccc5c(c4)-c4ccccc4C54C5CC6CC(C5)CC4C6)c4cc5ccccc5c5ccccc45)cc3)cc2)cc1. The molecule has 0 unspecified atom stereocenters. The standard InChI is InChI=1S/C54H43N/c1-2-10-37(11-3-1)38-18-20-39(21-19-38)40-22-24-44(25-23-40)55(53-33-41-12-4-5-13-46(41)47-14-6-7-16-49(47)53)45-26-27-52-50(34-45)48-15-8-9-17-51(48)54(52)42-29-35-28-36(31-42)32-43(54)30-35/h1-27,33-36,42-43H,28-32H2. The first-order valence-electron chi connectivity index (χ1n) is 20.4. The van der Waals surface area contributed by atoms with E-state index in [2.05, 4.69) is 181 Å². The van der Waals surface area contributed by atoms with Crippen molar-refractivity contribution in [3.8, 4) is 33.4 Å². The van der Waals surface area contributed by atoms with Gasteiger partial charge in [0, 0.05) is 22.2 Å². The van der Waals surface area contributed by atoms with Crippen molar-refractivity contribution in [3.63, 3.8) is 0 Å². The minimum Gasteiger partial charge on any atom is -0.310 e. The fraction of sp³-hybridized carbons (Fsp3) is 0.185. The zero-order chi connectivity index (χ0) is 36.1. The lowest BCUT2D eigenvalue weighted by molar-refractivity contribution is -0.0399. The third-order valence-corrected chi connectivity index (χ3v) is 14.2. The van der Waals surface area contributed by atoms with E-state index in [1.54, 1.807) is 11.1 Å². The largest absolute Gasteiger partial charge is 0.310 e. The van der Waals surface area contributed by atoms with Crippen LogP contribution in [0.15, 0.2) is 176 Å². The summed E-state index contributed by atoms with van der Waals surface area (Å²) in [4.78, 5) is 2.53. The van der Waals surface area contributed by atoms with Crippen LogP contribution in [-0.4, -0.2) is 0 Å².